The Hall–Kier alpha value is -3.29. The predicted octanol–water partition coefficient (Wildman–Crippen LogP) is 4.83. The van der Waals surface area contributed by atoms with Crippen LogP contribution in [0, 0.1) is 5.92 Å². The molecule has 1 fully saturated rings. The Kier molecular flexibility index (Phi) is 5.54. The molecule has 2 aliphatic heterocycles. The maximum absolute atomic E-state index is 13.8. The number of likely N-dealkylation sites (N-methyl/N-ethyl adjacent to an activating group) is 1. The van der Waals surface area contributed by atoms with E-state index in [2.05, 4.69) is 32.8 Å². The lowest BCUT2D eigenvalue weighted by Gasteiger charge is -2.38. The van der Waals surface area contributed by atoms with Crippen molar-refractivity contribution in [3.05, 3.63) is 65.1 Å². The Morgan fingerprint density at radius 1 is 1.29 bits per heavy atom. The average Bonchev–Trinajstić information content (AvgIpc) is 3.48. The van der Waals surface area contributed by atoms with Crippen LogP contribution in [0.5, 0.6) is 11.5 Å². The molecule has 0 saturated carbocycles. The van der Waals surface area contributed by atoms with Crippen LogP contribution in [0.3, 0.4) is 0 Å². The Labute approximate surface area is 208 Å². The van der Waals surface area contributed by atoms with Gasteiger partial charge in [-0.2, -0.15) is 5.10 Å². The molecular formula is C27H27ClN4O3. The van der Waals surface area contributed by atoms with E-state index in [9.17, 15) is 4.79 Å². The number of hydrogen-bond donors (Lipinski definition) is 1. The fourth-order valence-corrected chi connectivity index (χ4v) is 5.40. The van der Waals surface area contributed by atoms with E-state index in [0.29, 0.717) is 24.2 Å². The van der Waals surface area contributed by atoms with Crippen molar-refractivity contribution in [2.24, 2.45) is 5.92 Å². The van der Waals surface area contributed by atoms with Crippen molar-refractivity contribution in [2.75, 3.05) is 27.3 Å². The van der Waals surface area contributed by atoms with Gasteiger partial charge in [0.05, 0.1) is 25.8 Å². The van der Waals surface area contributed by atoms with Gasteiger partial charge in [0.1, 0.15) is 16.7 Å². The highest BCUT2D eigenvalue weighted by atomic mass is 35.5. The zero-order valence-corrected chi connectivity index (χ0v) is 20.5. The molecular weight excluding hydrogens is 464 g/mol. The summed E-state index contributed by atoms with van der Waals surface area (Å²) in [4.78, 5) is 16.2. The summed E-state index contributed by atoms with van der Waals surface area (Å²) in [6, 6.07) is 12.4. The standard InChI is InChI=1S/C27H27ClN4O3/c1-31-8-7-19(31)13-32-14-23(21-5-3-16(11-24(21)32)22-12-29-30-27(22)28)26(33)18-9-17-10-20(34-2)4-6-25(17)35-15-18/h3-6,10-12,14,18-19H,7-9,13,15H2,1-2H3,(H,29,30)/t18-,19-/m0/s1. The highest BCUT2D eigenvalue weighted by molar-refractivity contribution is 6.32. The molecule has 4 heterocycles. The van der Waals surface area contributed by atoms with Gasteiger partial charge in [0.2, 0.25) is 0 Å². The molecule has 6 rings (SSSR count). The molecule has 2 atom stereocenters. The van der Waals surface area contributed by atoms with Crippen LogP contribution in [0.1, 0.15) is 22.3 Å². The highest BCUT2D eigenvalue weighted by Gasteiger charge is 2.31. The first kappa shape index (κ1) is 22.2. The largest absolute Gasteiger partial charge is 0.497 e. The summed E-state index contributed by atoms with van der Waals surface area (Å²) in [7, 11) is 3.79. The minimum atomic E-state index is -0.247. The Morgan fingerprint density at radius 3 is 2.89 bits per heavy atom. The normalized spacial score (nSPS) is 19.7. The van der Waals surface area contributed by atoms with E-state index in [1.807, 2.05) is 36.5 Å². The summed E-state index contributed by atoms with van der Waals surface area (Å²) in [5.41, 5.74) is 4.60. The molecule has 180 valence electrons. The zero-order chi connectivity index (χ0) is 24.1. The number of methoxy groups -OCH3 is 1. The van der Waals surface area contributed by atoms with Gasteiger partial charge in [-0.15, -0.1) is 0 Å². The summed E-state index contributed by atoms with van der Waals surface area (Å²) < 4.78 is 13.6. The van der Waals surface area contributed by atoms with Gasteiger partial charge in [-0.1, -0.05) is 23.7 Å². The van der Waals surface area contributed by atoms with E-state index >= 15 is 0 Å². The van der Waals surface area contributed by atoms with E-state index in [1.165, 1.54) is 0 Å². The molecule has 0 spiro atoms. The molecule has 35 heavy (non-hydrogen) atoms. The average molecular weight is 491 g/mol. The van der Waals surface area contributed by atoms with Crippen LogP contribution in [-0.4, -0.2) is 58.8 Å². The van der Waals surface area contributed by atoms with Crippen molar-refractivity contribution in [2.45, 2.75) is 25.4 Å². The fourth-order valence-electron chi connectivity index (χ4n) is 5.19. The number of hydrogen-bond acceptors (Lipinski definition) is 5. The number of ketones is 1. The quantitative estimate of drug-likeness (QED) is 0.392. The van der Waals surface area contributed by atoms with Crippen LogP contribution < -0.4 is 9.47 Å². The smallest absolute Gasteiger partial charge is 0.171 e. The van der Waals surface area contributed by atoms with Gasteiger partial charge in [-0.3, -0.25) is 9.89 Å². The van der Waals surface area contributed by atoms with Crippen LogP contribution >= 0.6 is 11.6 Å². The maximum atomic E-state index is 13.8. The molecule has 0 radical (unpaired) electrons. The van der Waals surface area contributed by atoms with E-state index in [0.717, 1.165) is 64.2 Å². The number of carbonyl (C=O) groups excluding carboxylic acids is 1. The van der Waals surface area contributed by atoms with E-state index < -0.39 is 0 Å². The lowest BCUT2D eigenvalue weighted by atomic mass is 9.89. The number of nitrogens with zero attached hydrogens (tertiary/aromatic N) is 3. The minimum Gasteiger partial charge on any atom is -0.497 e. The lowest BCUT2D eigenvalue weighted by Crippen LogP contribution is -2.46. The maximum Gasteiger partial charge on any atom is 0.171 e. The van der Waals surface area contributed by atoms with Crippen molar-refractivity contribution >= 4 is 28.3 Å². The summed E-state index contributed by atoms with van der Waals surface area (Å²) in [6.45, 7) is 2.32. The Balaban J connectivity index is 1.38. The monoisotopic (exact) mass is 490 g/mol. The van der Waals surface area contributed by atoms with Gasteiger partial charge in [0.15, 0.2) is 5.78 Å². The second-order valence-corrected chi connectivity index (χ2v) is 9.88. The molecule has 1 saturated heterocycles. The van der Waals surface area contributed by atoms with E-state index in [4.69, 9.17) is 21.1 Å². The second-order valence-electron chi connectivity index (χ2n) is 9.50. The number of carbonyl (C=O) groups is 1. The molecule has 4 aromatic rings. The molecule has 8 heteroatoms. The molecule has 0 aliphatic carbocycles. The number of Topliss-reactive ketones (excluding diaryl/α,β-unsaturated/α-hetero) is 1. The first-order valence-corrected chi connectivity index (χ1v) is 12.3. The van der Waals surface area contributed by atoms with Crippen molar-refractivity contribution in [3.8, 4) is 22.6 Å². The van der Waals surface area contributed by atoms with Crippen LogP contribution in [0.2, 0.25) is 5.15 Å². The number of aromatic nitrogens is 3. The van der Waals surface area contributed by atoms with Gasteiger partial charge in [-0.25, -0.2) is 0 Å². The predicted molar refractivity (Wildman–Crippen MR) is 136 cm³/mol. The summed E-state index contributed by atoms with van der Waals surface area (Å²) in [6.07, 6.45) is 5.54. The molecule has 0 bridgehead atoms. The third-order valence-electron chi connectivity index (χ3n) is 7.44. The van der Waals surface area contributed by atoms with Crippen LogP contribution in [0.4, 0.5) is 0 Å². The van der Waals surface area contributed by atoms with Crippen LogP contribution in [0.25, 0.3) is 22.0 Å². The molecule has 7 nitrogen and oxygen atoms in total. The van der Waals surface area contributed by atoms with Gasteiger partial charge in [0, 0.05) is 40.8 Å². The molecule has 1 N–H and O–H groups in total. The number of ether oxygens (including phenoxy) is 2. The van der Waals surface area contributed by atoms with Crippen molar-refractivity contribution in [1.29, 1.82) is 0 Å². The van der Waals surface area contributed by atoms with E-state index in [-0.39, 0.29) is 11.7 Å². The minimum absolute atomic E-state index is 0.110. The Bertz CT molecular complexity index is 1430. The molecule has 0 amide bonds. The number of aromatic amines is 1. The topological polar surface area (TPSA) is 72.4 Å². The van der Waals surface area contributed by atoms with Crippen LogP contribution in [-0.2, 0) is 13.0 Å². The number of benzene rings is 2. The highest BCUT2D eigenvalue weighted by Crippen LogP contribution is 2.35. The molecule has 2 aromatic carbocycles. The van der Waals surface area contributed by atoms with Gasteiger partial charge in [0.25, 0.3) is 0 Å². The number of likely N-dealkylation sites (tertiary alicyclic amines) is 1. The van der Waals surface area contributed by atoms with Crippen molar-refractivity contribution < 1.29 is 14.3 Å². The summed E-state index contributed by atoms with van der Waals surface area (Å²) in [5, 5.41) is 8.31. The lowest BCUT2D eigenvalue weighted by molar-refractivity contribution is 0.0855. The van der Waals surface area contributed by atoms with Gasteiger partial charge >= 0.3 is 0 Å². The first-order chi connectivity index (χ1) is 17.0. The number of fused-ring (bicyclic) bond motifs is 2. The number of rotatable bonds is 6. The van der Waals surface area contributed by atoms with Gasteiger partial charge in [-0.05, 0) is 61.8 Å². The molecule has 0 unspecified atom stereocenters. The van der Waals surface area contributed by atoms with Crippen LogP contribution in [0.15, 0.2) is 48.8 Å². The summed E-state index contributed by atoms with van der Waals surface area (Å²) >= 11 is 6.31. The SMILES string of the molecule is COc1ccc2c(c1)C[C@H](C(=O)c1cn(C[C@@H]3CCN3C)c3cc(-c4cn[nH]c4Cl)ccc13)CO2. The van der Waals surface area contributed by atoms with Crippen molar-refractivity contribution in [3.63, 3.8) is 0 Å². The Morgan fingerprint density at radius 2 is 2.17 bits per heavy atom. The third kappa shape index (κ3) is 3.89. The number of nitrogens with one attached hydrogen (secondary N) is 1. The first-order valence-electron chi connectivity index (χ1n) is 11.9. The fraction of sp³-hybridized carbons (Fsp3) is 0.333. The third-order valence-corrected chi connectivity index (χ3v) is 7.73. The van der Waals surface area contributed by atoms with Crippen molar-refractivity contribution in [1.82, 2.24) is 19.7 Å². The van der Waals surface area contributed by atoms with E-state index in [1.54, 1.807) is 13.3 Å². The number of halogens is 1. The van der Waals surface area contributed by atoms with Gasteiger partial charge < -0.3 is 18.9 Å². The molecule has 2 aliphatic rings. The number of H-pyrrole nitrogens is 1. The molecule has 2 aromatic heterocycles. The second kappa shape index (κ2) is 8.73. The zero-order valence-electron chi connectivity index (χ0n) is 19.8. The summed E-state index contributed by atoms with van der Waals surface area (Å²) in [5.74, 6) is 1.46.